The molecule has 168 valence electrons. The topological polar surface area (TPSA) is 88.6 Å². The van der Waals surface area contributed by atoms with Gasteiger partial charge in [-0.15, -0.1) is 0 Å². The maximum Gasteiger partial charge on any atom is 0.242 e. The number of halogens is 1. The van der Waals surface area contributed by atoms with Gasteiger partial charge in [0.05, 0.1) is 4.90 Å². The maximum atomic E-state index is 13.0. The number of pyridine rings is 1. The molecule has 0 spiro atoms. The number of hydrogen-bond donors (Lipinski definition) is 1. The predicted molar refractivity (Wildman–Crippen MR) is 114 cm³/mol. The largest absolute Gasteiger partial charge is 0.474 e. The van der Waals surface area contributed by atoms with Crippen LogP contribution in [-0.2, 0) is 21.4 Å². The Labute approximate surface area is 182 Å². The lowest BCUT2D eigenvalue weighted by molar-refractivity contribution is -0.121. The molecule has 1 N–H and O–H groups in total. The van der Waals surface area contributed by atoms with Crippen LogP contribution in [-0.4, -0.2) is 43.3 Å². The Balaban J connectivity index is 1.45. The lowest BCUT2D eigenvalue weighted by atomic mass is 10.2. The highest BCUT2D eigenvalue weighted by Crippen LogP contribution is 2.25. The lowest BCUT2D eigenvalue weighted by Crippen LogP contribution is -2.29. The molecule has 1 aromatic heterocycles. The van der Waals surface area contributed by atoms with Gasteiger partial charge in [0.1, 0.15) is 11.9 Å². The van der Waals surface area contributed by atoms with Gasteiger partial charge in [-0.2, -0.15) is 0 Å². The number of amides is 1. The highest BCUT2D eigenvalue weighted by molar-refractivity contribution is 7.89. The average Bonchev–Trinajstić information content (AvgIpc) is 3.26. The number of aromatic nitrogens is 1. The van der Waals surface area contributed by atoms with Crippen LogP contribution in [0.4, 0.5) is 4.39 Å². The monoisotopic (exact) mass is 449 g/mol. The number of carbonyl (C=O) groups is 1. The number of nitrogens with one attached hydrogen (secondary N) is 1. The summed E-state index contributed by atoms with van der Waals surface area (Å²) in [5, 5.41) is 2.85. The molecule has 2 aromatic rings. The summed E-state index contributed by atoms with van der Waals surface area (Å²) >= 11 is 0. The smallest absolute Gasteiger partial charge is 0.242 e. The summed E-state index contributed by atoms with van der Waals surface area (Å²) in [6.07, 6.45) is 6.77. The Bertz CT molecular complexity index is 977. The first-order chi connectivity index (χ1) is 14.9. The first-order valence-electron chi connectivity index (χ1n) is 10.5. The lowest BCUT2D eigenvalue weighted by Gasteiger charge is -2.17. The minimum Gasteiger partial charge on any atom is -0.474 e. The van der Waals surface area contributed by atoms with E-state index in [1.165, 1.54) is 23.5 Å². The molecule has 0 bridgehead atoms. The molecule has 3 rings (SSSR count). The van der Waals surface area contributed by atoms with E-state index in [-0.39, 0.29) is 29.9 Å². The number of ether oxygens (including phenoxy) is 1. The minimum atomic E-state index is -3.72. The van der Waals surface area contributed by atoms with Crippen LogP contribution >= 0.6 is 0 Å². The number of sulfonamides is 1. The fourth-order valence-corrected chi connectivity index (χ4v) is 4.69. The molecule has 0 aliphatic heterocycles. The molecule has 1 aliphatic carbocycles. The molecular formula is C22H28FN3O4S. The molecule has 7 nitrogen and oxygen atoms in total. The predicted octanol–water partition coefficient (Wildman–Crippen LogP) is 3.26. The van der Waals surface area contributed by atoms with E-state index in [4.69, 9.17) is 4.74 Å². The van der Waals surface area contributed by atoms with Crippen LogP contribution in [0.5, 0.6) is 5.88 Å². The molecule has 1 heterocycles. The van der Waals surface area contributed by atoms with E-state index in [1.807, 2.05) is 6.07 Å². The van der Waals surface area contributed by atoms with Crippen molar-refractivity contribution >= 4 is 15.9 Å². The molecule has 0 unspecified atom stereocenters. The second-order valence-corrected chi connectivity index (χ2v) is 9.70. The Morgan fingerprint density at radius 3 is 2.65 bits per heavy atom. The number of hydrogen-bond acceptors (Lipinski definition) is 5. The molecule has 1 amide bonds. The molecule has 1 fully saturated rings. The third-order valence-corrected chi connectivity index (χ3v) is 7.18. The Morgan fingerprint density at radius 2 is 1.94 bits per heavy atom. The van der Waals surface area contributed by atoms with Gasteiger partial charge in [0.15, 0.2) is 0 Å². The summed E-state index contributed by atoms with van der Waals surface area (Å²) < 4.78 is 45.2. The third kappa shape index (κ3) is 6.48. The van der Waals surface area contributed by atoms with E-state index >= 15 is 0 Å². The summed E-state index contributed by atoms with van der Waals surface area (Å²) in [5.74, 6) is -0.119. The Hall–Kier alpha value is -2.52. The zero-order valence-electron chi connectivity index (χ0n) is 17.6. The molecule has 9 heteroatoms. The molecule has 1 aromatic carbocycles. The van der Waals surface area contributed by atoms with E-state index < -0.39 is 15.8 Å². The highest BCUT2D eigenvalue weighted by Gasteiger charge is 2.21. The second-order valence-electron chi connectivity index (χ2n) is 7.65. The number of carbonyl (C=O) groups excluding carboxylic acids is 1. The van der Waals surface area contributed by atoms with Crippen molar-refractivity contribution in [3.63, 3.8) is 0 Å². The second kappa shape index (κ2) is 10.7. The SMILES string of the molecule is CN(CCCC(=O)NCc1cccnc1OC1CCCC1)S(=O)(=O)c1ccc(F)cc1. The van der Waals surface area contributed by atoms with Crippen molar-refractivity contribution in [3.05, 3.63) is 54.0 Å². The molecule has 1 saturated carbocycles. The van der Waals surface area contributed by atoms with Gasteiger partial charge in [0.25, 0.3) is 0 Å². The van der Waals surface area contributed by atoms with Gasteiger partial charge >= 0.3 is 0 Å². The van der Waals surface area contributed by atoms with Gasteiger partial charge in [0, 0.05) is 38.3 Å². The van der Waals surface area contributed by atoms with E-state index in [1.54, 1.807) is 12.3 Å². The number of benzene rings is 1. The van der Waals surface area contributed by atoms with Gasteiger partial charge in [-0.1, -0.05) is 6.07 Å². The van der Waals surface area contributed by atoms with Crippen LogP contribution in [0.2, 0.25) is 0 Å². The summed E-state index contributed by atoms with van der Waals surface area (Å²) in [7, 11) is -2.27. The highest BCUT2D eigenvalue weighted by atomic mass is 32.2. The van der Waals surface area contributed by atoms with Gasteiger partial charge < -0.3 is 10.1 Å². The molecule has 31 heavy (non-hydrogen) atoms. The van der Waals surface area contributed by atoms with Gasteiger partial charge in [-0.25, -0.2) is 22.1 Å². The average molecular weight is 450 g/mol. The van der Waals surface area contributed by atoms with Gasteiger partial charge in [-0.05, 0) is 62.4 Å². The first kappa shape index (κ1) is 23.1. The van der Waals surface area contributed by atoms with Crippen molar-refractivity contribution < 1.29 is 22.3 Å². The van der Waals surface area contributed by atoms with Crippen molar-refractivity contribution in [3.8, 4) is 5.88 Å². The number of nitrogens with zero attached hydrogens (tertiary/aromatic N) is 2. The summed E-state index contributed by atoms with van der Waals surface area (Å²) in [6, 6.07) is 8.35. The van der Waals surface area contributed by atoms with Crippen LogP contribution in [0.15, 0.2) is 47.5 Å². The summed E-state index contributed by atoms with van der Waals surface area (Å²) in [6.45, 7) is 0.481. The van der Waals surface area contributed by atoms with Crippen LogP contribution in [0, 0.1) is 5.82 Å². The van der Waals surface area contributed by atoms with Crippen molar-refractivity contribution in [2.45, 2.75) is 56.1 Å². The summed E-state index contributed by atoms with van der Waals surface area (Å²) in [5.41, 5.74) is 0.818. The quantitative estimate of drug-likeness (QED) is 0.602. The van der Waals surface area contributed by atoms with Crippen molar-refractivity contribution in [1.29, 1.82) is 0 Å². The minimum absolute atomic E-state index is 0.0206. The van der Waals surface area contributed by atoms with Crippen LogP contribution < -0.4 is 10.1 Å². The van der Waals surface area contributed by atoms with Crippen LogP contribution in [0.3, 0.4) is 0 Å². The van der Waals surface area contributed by atoms with Crippen molar-refractivity contribution in [2.24, 2.45) is 0 Å². The van der Waals surface area contributed by atoms with Crippen molar-refractivity contribution in [1.82, 2.24) is 14.6 Å². The molecule has 1 aliphatic rings. The molecule has 0 saturated heterocycles. The third-order valence-electron chi connectivity index (χ3n) is 5.31. The zero-order chi connectivity index (χ0) is 22.3. The Kier molecular flexibility index (Phi) is 7.97. The Morgan fingerprint density at radius 1 is 1.23 bits per heavy atom. The van der Waals surface area contributed by atoms with E-state index in [2.05, 4.69) is 10.3 Å². The van der Waals surface area contributed by atoms with Crippen LogP contribution in [0.25, 0.3) is 0 Å². The van der Waals surface area contributed by atoms with Crippen molar-refractivity contribution in [2.75, 3.05) is 13.6 Å². The standard InChI is InChI=1S/C22H28FN3O4S/c1-26(31(28,29)20-12-10-18(23)11-13-20)15-5-9-21(27)25-16-17-6-4-14-24-22(17)30-19-7-2-3-8-19/h4,6,10-14,19H,2-3,5,7-9,15-16H2,1H3,(H,25,27). The van der Waals surface area contributed by atoms with Gasteiger partial charge in [0.2, 0.25) is 21.8 Å². The molecular weight excluding hydrogens is 421 g/mol. The summed E-state index contributed by atoms with van der Waals surface area (Å²) in [4.78, 5) is 16.5. The maximum absolute atomic E-state index is 13.0. The van der Waals surface area contributed by atoms with E-state index in [0.29, 0.717) is 18.8 Å². The first-order valence-corrected chi connectivity index (χ1v) is 11.9. The fourth-order valence-electron chi connectivity index (χ4n) is 3.48. The molecule has 0 radical (unpaired) electrons. The molecule has 0 atom stereocenters. The van der Waals surface area contributed by atoms with E-state index in [0.717, 1.165) is 43.4 Å². The number of rotatable bonds is 10. The van der Waals surface area contributed by atoms with E-state index in [9.17, 15) is 17.6 Å². The van der Waals surface area contributed by atoms with Gasteiger partial charge in [-0.3, -0.25) is 4.79 Å². The zero-order valence-corrected chi connectivity index (χ0v) is 18.4. The normalized spacial score (nSPS) is 14.7. The van der Waals surface area contributed by atoms with Crippen LogP contribution in [0.1, 0.15) is 44.1 Å². The fraction of sp³-hybridized carbons (Fsp3) is 0.455.